The zero-order valence-corrected chi connectivity index (χ0v) is 13.6. The van der Waals surface area contributed by atoms with E-state index in [1.54, 1.807) is 0 Å². The van der Waals surface area contributed by atoms with Gasteiger partial charge in [0.25, 0.3) is 0 Å². The number of nitrogens with one attached hydrogen (secondary N) is 2. The van der Waals surface area contributed by atoms with E-state index in [1.165, 1.54) is 19.4 Å². The summed E-state index contributed by atoms with van der Waals surface area (Å²) in [5, 5.41) is 17.7. The minimum Gasteiger partial charge on any atom is -0.480 e. The van der Waals surface area contributed by atoms with Crippen molar-refractivity contribution in [1.29, 1.82) is 5.41 Å². The average Bonchev–Trinajstić information content (AvgIpc) is 2.87. The van der Waals surface area contributed by atoms with Crippen molar-refractivity contribution in [2.75, 3.05) is 26.8 Å². The number of unbranched alkanes of at least 4 members (excludes halogenated alkanes) is 1. The van der Waals surface area contributed by atoms with E-state index >= 15 is 0 Å². The molecule has 22 heavy (non-hydrogen) atoms. The molecule has 0 aromatic rings. The van der Waals surface area contributed by atoms with Crippen LogP contribution in [0.5, 0.6) is 0 Å². The highest BCUT2D eigenvalue weighted by atomic mass is 16.4. The fraction of sp³-hybridized carbons (Fsp3) is 0.714. The Kier molecular flexibility index (Phi) is 10.6. The zero-order valence-electron chi connectivity index (χ0n) is 13.6. The molecule has 0 aromatic heterocycles. The van der Waals surface area contributed by atoms with Gasteiger partial charge in [-0.1, -0.05) is 13.3 Å². The molecule has 1 rings (SSSR count). The van der Waals surface area contributed by atoms with Crippen LogP contribution in [0.2, 0.25) is 0 Å². The molecule has 0 saturated heterocycles. The number of guanidine groups is 1. The fourth-order valence-corrected chi connectivity index (χ4v) is 1.76. The Bertz CT molecular complexity index is 361. The lowest BCUT2D eigenvalue weighted by Gasteiger charge is -2.17. The number of carboxylic acid groups (broad SMARTS) is 1. The predicted molar refractivity (Wildman–Crippen MR) is 88.1 cm³/mol. The van der Waals surface area contributed by atoms with Crippen molar-refractivity contribution < 1.29 is 9.90 Å². The third kappa shape index (κ3) is 10.8. The van der Waals surface area contributed by atoms with Gasteiger partial charge in [-0.05, 0) is 19.3 Å². The van der Waals surface area contributed by atoms with E-state index in [0.717, 1.165) is 6.67 Å². The van der Waals surface area contributed by atoms with Gasteiger partial charge < -0.3 is 31.7 Å². The summed E-state index contributed by atoms with van der Waals surface area (Å²) in [6.45, 7) is 4.98. The van der Waals surface area contributed by atoms with Gasteiger partial charge in [0, 0.05) is 32.5 Å². The molecule has 8 nitrogen and oxygen atoms in total. The molecule has 0 radical (unpaired) electrons. The molecule has 0 saturated carbocycles. The van der Waals surface area contributed by atoms with Crippen molar-refractivity contribution in [2.24, 2.45) is 11.5 Å². The maximum absolute atomic E-state index is 10.2. The van der Waals surface area contributed by atoms with Crippen molar-refractivity contribution >= 4 is 11.9 Å². The van der Waals surface area contributed by atoms with E-state index in [-0.39, 0.29) is 5.96 Å². The highest BCUT2D eigenvalue weighted by molar-refractivity contribution is 5.74. The van der Waals surface area contributed by atoms with Gasteiger partial charge in [0.15, 0.2) is 5.96 Å². The number of carbonyl (C=O) groups is 1. The summed E-state index contributed by atoms with van der Waals surface area (Å²) in [5.74, 6) is -1.11. The summed E-state index contributed by atoms with van der Waals surface area (Å²) in [6.07, 6.45) is 7.85. The Balaban J connectivity index is 0.000000406. The highest BCUT2D eigenvalue weighted by Gasteiger charge is 2.09. The fourth-order valence-electron chi connectivity index (χ4n) is 1.76. The molecule has 0 amide bonds. The van der Waals surface area contributed by atoms with Gasteiger partial charge in [0.1, 0.15) is 6.04 Å². The van der Waals surface area contributed by atoms with Crippen LogP contribution in [-0.2, 0) is 4.79 Å². The van der Waals surface area contributed by atoms with Gasteiger partial charge in [-0.25, -0.2) is 0 Å². The van der Waals surface area contributed by atoms with Crippen LogP contribution in [0.4, 0.5) is 0 Å². The van der Waals surface area contributed by atoms with Crippen molar-refractivity contribution in [3.8, 4) is 0 Å². The molecule has 0 fully saturated rings. The van der Waals surface area contributed by atoms with Crippen LogP contribution in [0.3, 0.4) is 0 Å². The monoisotopic (exact) mass is 314 g/mol. The first-order valence-corrected chi connectivity index (χ1v) is 7.55. The third-order valence-corrected chi connectivity index (χ3v) is 3.06. The molecule has 0 bridgehead atoms. The minimum atomic E-state index is -1.00. The van der Waals surface area contributed by atoms with Crippen molar-refractivity contribution in [1.82, 2.24) is 15.1 Å². The van der Waals surface area contributed by atoms with E-state index in [4.69, 9.17) is 22.0 Å². The van der Waals surface area contributed by atoms with Crippen LogP contribution in [0.1, 0.15) is 32.6 Å². The molecule has 128 valence electrons. The molecule has 1 heterocycles. The van der Waals surface area contributed by atoms with Crippen LogP contribution < -0.4 is 16.8 Å². The lowest BCUT2D eigenvalue weighted by atomic mass is 10.2. The maximum atomic E-state index is 10.2. The van der Waals surface area contributed by atoms with E-state index in [1.807, 2.05) is 0 Å². The van der Waals surface area contributed by atoms with Crippen molar-refractivity contribution in [2.45, 2.75) is 38.6 Å². The van der Waals surface area contributed by atoms with Crippen LogP contribution in [0.15, 0.2) is 12.4 Å². The molecule has 8 heteroatoms. The number of carboxylic acids is 1. The number of nitrogens with two attached hydrogens (primary N) is 2. The molecule has 1 aliphatic rings. The quantitative estimate of drug-likeness (QED) is 0.244. The van der Waals surface area contributed by atoms with Gasteiger partial charge in [0.2, 0.25) is 0 Å². The molecule has 0 aliphatic carbocycles. The van der Waals surface area contributed by atoms with Gasteiger partial charge in [-0.15, -0.1) is 0 Å². The van der Waals surface area contributed by atoms with Gasteiger partial charge in [-0.3, -0.25) is 10.2 Å². The highest BCUT2D eigenvalue weighted by Crippen LogP contribution is 2.04. The van der Waals surface area contributed by atoms with Crippen LogP contribution in [-0.4, -0.2) is 59.7 Å². The minimum absolute atomic E-state index is 0.112. The summed E-state index contributed by atoms with van der Waals surface area (Å²) in [5.41, 5.74) is 10.2. The molecule has 1 atom stereocenters. The predicted octanol–water partition coefficient (Wildman–Crippen LogP) is 0.124. The Morgan fingerprint density at radius 2 is 2.14 bits per heavy atom. The molecular formula is C14H30N6O2. The Morgan fingerprint density at radius 1 is 1.45 bits per heavy atom. The van der Waals surface area contributed by atoms with Crippen molar-refractivity contribution in [3.63, 3.8) is 0 Å². The average molecular weight is 314 g/mol. The van der Waals surface area contributed by atoms with Gasteiger partial charge >= 0.3 is 5.97 Å². The summed E-state index contributed by atoms with van der Waals surface area (Å²) in [4.78, 5) is 14.7. The topological polar surface area (TPSA) is 132 Å². The first-order valence-electron chi connectivity index (χ1n) is 7.55. The number of hydrogen-bond donors (Lipinski definition) is 5. The second kappa shape index (κ2) is 11.7. The summed E-state index contributed by atoms with van der Waals surface area (Å²) < 4.78 is 0. The Hall–Kier alpha value is -1.96. The second-order valence-corrected chi connectivity index (χ2v) is 5.29. The van der Waals surface area contributed by atoms with E-state index in [2.05, 4.69) is 41.5 Å². The Morgan fingerprint density at radius 3 is 2.59 bits per heavy atom. The van der Waals surface area contributed by atoms with Crippen LogP contribution >= 0.6 is 0 Å². The third-order valence-electron chi connectivity index (χ3n) is 3.06. The summed E-state index contributed by atoms with van der Waals surface area (Å²) in [7, 11) is 2.10. The SMILES string of the molecule is CCCCN1C=CN(C)C1.N=C(N)NCCC[C@H](N)C(=O)O. The summed E-state index contributed by atoms with van der Waals surface area (Å²) >= 11 is 0. The van der Waals surface area contributed by atoms with E-state index in [9.17, 15) is 4.79 Å². The molecular weight excluding hydrogens is 284 g/mol. The zero-order chi connectivity index (χ0) is 17.0. The van der Waals surface area contributed by atoms with Crippen molar-refractivity contribution in [3.05, 3.63) is 12.4 Å². The number of hydrogen-bond acceptors (Lipinski definition) is 5. The van der Waals surface area contributed by atoms with E-state index < -0.39 is 12.0 Å². The largest absolute Gasteiger partial charge is 0.480 e. The van der Waals surface area contributed by atoms with E-state index in [0.29, 0.717) is 19.4 Å². The lowest BCUT2D eigenvalue weighted by Crippen LogP contribution is -2.34. The molecule has 0 unspecified atom stereocenters. The maximum Gasteiger partial charge on any atom is 0.320 e. The number of nitrogens with zero attached hydrogens (tertiary/aromatic N) is 2. The smallest absolute Gasteiger partial charge is 0.320 e. The van der Waals surface area contributed by atoms with Gasteiger partial charge in [0.05, 0.1) is 6.67 Å². The van der Waals surface area contributed by atoms with Gasteiger partial charge in [-0.2, -0.15) is 0 Å². The number of aliphatic carboxylic acids is 1. The summed E-state index contributed by atoms with van der Waals surface area (Å²) in [6, 6.07) is -0.821. The lowest BCUT2D eigenvalue weighted by molar-refractivity contribution is -0.138. The van der Waals surface area contributed by atoms with Crippen LogP contribution in [0, 0.1) is 5.41 Å². The number of rotatable bonds is 8. The molecule has 7 N–H and O–H groups in total. The standard InChI is InChI=1S/C8H16N2.C6H14N4O2/c1-3-4-5-10-7-6-9(2)8-10;7-4(5(11)12)2-1-3-10-6(8)9/h6-7H,3-5,8H2,1-2H3;4H,1-3,7H2,(H,11,12)(H4,8,9,10)/t;4-/m.0/s1. The first-order chi connectivity index (χ1) is 10.4. The van der Waals surface area contributed by atoms with Crippen LogP contribution in [0.25, 0.3) is 0 Å². The molecule has 1 aliphatic heterocycles. The molecule has 0 aromatic carbocycles. The normalized spacial score (nSPS) is 14.3. The second-order valence-electron chi connectivity index (χ2n) is 5.29. The first kappa shape index (κ1) is 20.0. The molecule has 0 spiro atoms. The Labute approximate surface area is 132 Å².